The van der Waals surface area contributed by atoms with E-state index in [0.29, 0.717) is 6.61 Å². The average molecular weight is 243 g/mol. The Morgan fingerprint density at radius 2 is 2.12 bits per heavy atom. The van der Waals surface area contributed by atoms with Crippen LogP contribution >= 0.6 is 11.3 Å². The molecule has 0 radical (unpaired) electrons. The first-order valence-electron chi connectivity index (χ1n) is 5.61. The molecule has 0 spiro atoms. The third kappa shape index (κ3) is 3.27. The van der Waals surface area contributed by atoms with Crippen LogP contribution in [-0.4, -0.2) is 16.7 Å². The zero-order chi connectivity index (χ0) is 12.3. The Labute approximate surface area is 101 Å². The van der Waals surface area contributed by atoms with Crippen LogP contribution in [0.25, 0.3) is 0 Å². The quantitative estimate of drug-likeness (QED) is 0.882. The fourth-order valence-electron chi connectivity index (χ4n) is 1.47. The molecule has 0 aliphatic rings. The molecule has 1 aromatic heterocycles. The number of thiazole rings is 1. The molecule has 16 heavy (non-hydrogen) atoms. The second-order valence-electron chi connectivity index (χ2n) is 4.98. The van der Waals surface area contributed by atoms with Gasteiger partial charge in [-0.2, -0.15) is 0 Å². The third-order valence-electron chi connectivity index (χ3n) is 2.30. The first-order valence-corrected chi connectivity index (χ1v) is 6.43. The Morgan fingerprint density at radius 1 is 1.50 bits per heavy atom. The van der Waals surface area contributed by atoms with E-state index >= 15 is 0 Å². The van der Waals surface area contributed by atoms with Gasteiger partial charge in [0.1, 0.15) is 11.1 Å². The number of hydrogen-bond donors (Lipinski definition) is 1. The molecule has 1 N–H and O–H groups in total. The van der Waals surface area contributed by atoms with Crippen LogP contribution in [0, 0.1) is 5.41 Å². The van der Waals surface area contributed by atoms with Gasteiger partial charge in [-0.25, -0.2) is 4.98 Å². The summed E-state index contributed by atoms with van der Waals surface area (Å²) in [5.74, 6) is 0. The summed E-state index contributed by atoms with van der Waals surface area (Å²) in [6, 6.07) is 0. The van der Waals surface area contributed by atoms with Crippen LogP contribution in [0.5, 0.6) is 0 Å². The Balaban J connectivity index is 2.93. The Morgan fingerprint density at radius 3 is 2.50 bits per heavy atom. The van der Waals surface area contributed by atoms with E-state index in [2.05, 4.69) is 25.8 Å². The molecule has 0 bridgehead atoms. The molecule has 0 amide bonds. The van der Waals surface area contributed by atoms with Crippen molar-refractivity contribution >= 4 is 11.3 Å². The summed E-state index contributed by atoms with van der Waals surface area (Å²) in [7, 11) is 0. The van der Waals surface area contributed by atoms with Gasteiger partial charge in [0.2, 0.25) is 0 Å². The van der Waals surface area contributed by atoms with Crippen LogP contribution in [0.3, 0.4) is 0 Å². The van der Waals surface area contributed by atoms with E-state index < -0.39 is 6.10 Å². The normalized spacial score (nSPS) is 16.1. The maximum absolute atomic E-state index is 9.48. The largest absolute Gasteiger partial charge is 0.388 e. The standard InChI is InChI=1S/C12H21NO2S/c1-6-15-10(12(3,4)5)11-13-7-9(16-11)8(2)14/h7-8,10,14H,6H2,1-5H3. The molecule has 0 saturated heterocycles. The van der Waals surface area contributed by atoms with Gasteiger partial charge in [0.05, 0.1) is 11.0 Å². The monoisotopic (exact) mass is 243 g/mol. The van der Waals surface area contributed by atoms with Gasteiger partial charge in [0.15, 0.2) is 0 Å². The van der Waals surface area contributed by atoms with Gasteiger partial charge in [-0.3, -0.25) is 0 Å². The Bertz CT molecular complexity index is 328. The molecule has 2 unspecified atom stereocenters. The molecule has 3 nitrogen and oxygen atoms in total. The van der Waals surface area contributed by atoms with E-state index in [1.807, 2.05) is 6.92 Å². The first kappa shape index (κ1) is 13.6. The number of hydrogen-bond acceptors (Lipinski definition) is 4. The van der Waals surface area contributed by atoms with Crippen molar-refractivity contribution in [2.24, 2.45) is 5.41 Å². The Kier molecular flexibility index (Phi) is 4.47. The van der Waals surface area contributed by atoms with Gasteiger partial charge in [0.25, 0.3) is 0 Å². The van der Waals surface area contributed by atoms with Gasteiger partial charge < -0.3 is 9.84 Å². The second-order valence-corrected chi connectivity index (χ2v) is 6.07. The second kappa shape index (κ2) is 5.25. The summed E-state index contributed by atoms with van der Waals surface area (Å²) < 4.78 is 5.75. The molecule has 2 atom stereocenters. The molecule has 1 rings (SSSR count). The number of aliphatic hydroxyl groups excluding tert-OH is 1. The van der Waals surface area contributed by atoms with E-state index in [1.165, 1.54) is 11.3 Å². The molecule has 0 aliphatic carbocycles. The van der Waals surface area contributed by atoms with Crippen molar-refractivity contribution in [2.45, 2.75) is 46.8 Å². The lowest BCUT2D eigenvalue weighted by Gasteiger charge is -2.28. The molecular weight excluding hydrogens is 222 g/mol. The molecule has 0 saturated carbocycles. The number of aliphatic hydroxyl groups is 1. The molecule has 4 heteroatoms. The van der Waals surface area contributed by atoms with E-state index in [4.69, 9.17) is 4.74 Å². The van der Waals surface area contributed by atoms with Crippen LogP contribution < -0.4 is 0 Å². The van der Waals surface area contributed by atoms with E-state index in [-0.39, 0.29) is 11.5 Å². The minimum atomic E-state index is -0.450. The predicted octanol–water partition coefficient (Wildman–Crippen LogP) is 3.32. The smallest absolute Gasteiger partial charge is 0.122 e. The summed E-state index contributed by atoms with van der Waals surface area (Å²) in [5, 5.41) is 10.4. The number of aromatic nitrogens is 1. The van der Waals surface area contributed by atoms with Crippen LogP contribution in [0.15, 0.2) is 6.20 Å². The lowest BCUT2D eigenvalue weighted by Crippen LogP contribution is -2.21. The number of ether oxygens (including phenoxy) is 1. The maximum atomic E-state index is 9.48. The van der Waals surface area contributed by atoms with Crippen molar-refractivity contribution in [3.05, 3.63) is 16.1 Å². The lowest BCUT2D eigenvalue weighted by atomic mass is 9.89. The predicted molar refractivity (Wildman–Crippen MR) is 66.6 cm³/mol. The van der Waals surface area contributed by atoms with Crippen molar-refractivity contribution in [3.63, 3.8) is 0 Å². The average Bonchev–Trinajstić information content (AvgIpc) is 2.60. The fourth-order valence-corrected chi connectivity index (χ4v) is 2.62. The lowest BCUT2D eigenvalue weighted by molar-refractivity contribution is -0.0133. The summed E-state index contributed by atoms with van der Waals surface area (Å²) in [5.41, 5.74) is 0.0177. The molecule has 92 valence electrons. The van der Waals surface area contributed by atoms with E-state index in [9.17, 15) is 5.11 Å². The highest BCUT2D eigenvalue weighted by Crippen LogP contribution is 2.38. The van der Waals surface area contributed by atoms with Gasteiger partial charge in [-0.05, 0) is 19.3 Å². The number of nitrogens with zero attached hydrogens (tertiary/aromatic N) is 1. The van der Waals surface area contributed by atoms with E-state index in [0.717, 1.165) is 9.88 Å². The molecule has 0 aliphatic heterocycles. The first-order chi connectivity index (χ1) is 7.36. The molecule has 0 aromatic carbocycles. The van der Waals surface area contributed by atoms with Gasteiger partial charge in [-0.1, -0.05) is 20.8 Å². The minimum absolute atomic E-state index is 0.00463. The molecule has 1 aromatic rings. The van der Waals surface area contributed by atoms with Crippen LogP contribution in [0.1, 0.15) is 56.7 Å². The SMILES string of the molecule is CCOC(c1ncc(C(C)O)s1)C(C)(C)C. The zero-order valence-electron chi connectivity index (χ0n) is 10.7. The van der Waals surface area contributed by atoms with Crippen molar-refractivity contribution in [2.75, 3.05) is 6.61 Å². The third-order valence-corrected chi connectivity index (χ3v) is 3.51. The Hall–Kier alpha value is -0.450. The van der Waals surface area contributed by atoms with Crippen molar-refractivity contribution in [1.29, 1.82) is 0 Å². The van der Waals surface area contributed by atoms with Crippen molar-refractivity contribution < 1.29 is 9.84 Å². The fraction of sp³-hybridized carbons (Fsp3) is 0.750. The molecule has 0 fully saturated rings. The van der Waals surface area contributed by atoms with Crippen LogP contribution in [0.4, 0.5) is 0 Å². The summed E-state index contributed by atoms with van der Waals surface area (Å²) in [6.45, 7) is 10.8. The van der Waals surface area contributed by atoms with Crippen molar-refractivity contribution in [3.8, 4) is 0 Å². The minimum Gasteiger partial charge on any atom is -0.388 e. The van der Waals surface area contributed by atoms with Crippen molar-refractivity contribution in [1.82, 2.24) is 4.98 Å². The highest BCUT2D eigenvalue weighted by molar-refractivity contribution is 7.11. The summed E-state index contributed by atoms with van der Waals surface area (Å²) >= 11 is 1.53. The van der Waals surface area contributed by atoms with Gasteiger partial charge in [-0.15, -0.1) is 11.3 Å². The summed E-state index contributed by atoms with van der Waals surface area (Å²) in [4.78, 5) is 5.25. The summed E-state index contributed by atoms with van der Waals surface area (Å²) in [6.07, 6.45) is 1.28. The van der Waals surface area contributed by atoms with Gasteiger partial charge >= 0.3 is 0 Å². The number of rotatable bonds is 4. The van der Waals surface area contributed by atoms with Crippen LogP contribution in [-0.2, 0) is 4.74 Å². The zero-order valence-corrected chi connectivity index (χ0v) is 11.5. The highest BCUT2D eigenvalue weighted by atomic mass is 32.1. The van der Waals surface area contributed by atoms with Gasteiger partial charge in [0, 0.05) is 12.8 Å². The maximum Gasteiger partial charge on any atom is 0.122 e. The molecule has 1 heterocycles. The molecular formula is C12H21NO2S. The van der Waals surface area contributed by atoms with Crippen LogP contribution in [0.2, 0.25) is 0 Å². The topological polar surface area (TPSA) is 42.4 Å². The highest BCUT2D eigenvalue weighted by Gasteiger charge is 2.29. The van der Waals surface area contributed by atoms with E-state index in [1.54, 1.807) is 13.1 Å².